The lowest BCUT2D eigenvalue weighted by atomic mass is 10.4. The Morgan fingerprint density at radius 3 is 2.83 bits per heavy atom. The van der Waals surface area contributed by atoms with Crippen molar-refractivity contribution in [2.75, 3.05) is 13.1 Å². The Kier molecular flexibility index (Phi) is 4.14. The van der Waals surface area contributed by atoms with Crippen LogP contribution in [0.5, 0.6) is 0 Å². The van der Waals surface area contributed by atoms with E-state index in [9.17, 15) is 9.59 Å². The average Bonchev–Trinajstić information content (AvgIpc) is 2.77. The van der Waals surface area contributed by atoms with Gasteiger partial charge in [0, 0.05) is 18.0 Å². The van der Waals surface area contributed by atoms with Gasteiger partial charge in [0.2, 0.25) is 5.91 Å². The van der Waals surface area contributed by atoms with Crippen molar-refractivity contribution in [1.82, 2.24) is 10.2 Å². The minimum Gasteiger partial charge on any atom is -0.336 e. The van der Waals surface area contributed by atoms with Crippen LogP contribution in [-0.2, 0) is 4.79 Å². The maximum Gasteiger partial charge on any atom is 0.324 e. The van der Waals surface area contributed by atoms with Crippen LogP contribution in [0, 0.1) is 0 Å². The molecule has 1 heterocycles. The van der Waals surface area contributed by atoms with Gasteiger partial charge in [0.25, 0.3) is 0 Å². The number of halogens is 1. The molecule has 1 aliphatic heterocycles. The lowest BCUT2D eigenvalue weighted by Crippen LogP contribution is -2.38. The number of hydrogen-bond donors (Lipinski definition) is 1. The molecular formula is C12H13ClN2O2S. The van der Waals surface area contributed by atoms with Crippen molar-refractivity contribution in [1.29, 1.82) is 0 Å². The summed E-state index contributed by atoms with van der Waals surface area (Å²) < 4.78 is 0. The number of nitrogens with one attached hydrogen (secondary N) is 1. The molecule has 1 saturated heterocycles. The first kappa shape index (κ1) is 13.2. The van der Waals surface area contributed by atoms with Gasteiger partial charge in [-0.25, -0.2) is 4.79 Å². The van der Waals surface area contributed by atoms with E-state index in [1.807, 2.05) is 18.2 Å². The highest BCUT2D eigenvalue weighted by atomic mass is 35.5. The Hall–Kier alpha value is -1.20. The van der Waals surface area contributed by atoms with Gasteiger partial charge in [-0.3, -0.25) is 9.69 Å². The number of benzene rings is 1. The summed E-state index contributed by atoms with van der Waals surface area (Å²) in [5.74, 6) is -0.185. The van der Waals surface area contributed by atoms with Crippen LogP contribution in [0.2, 0.25) is 5.02 Å². The summed E-state index contributed by atoms with van der Waals surface area (Å²) in [7, 11) is 0. The molecule has 1 aromatic rings. The van der Waals surface area contributed by atoms with Crippen LogP contribution < -0.4 is 5.32 Å². The highest BCUT2D eigenvalue weighted by Crippen LogP contribution is 2.30. The molecule has 1 N–H and O–H groups in total. The van der Waals surface area contributed by atoms with Gasteiger partial charge in [-0.2, -0.15) is 0 Å². The largest absolute Gasteiger partial charge is 0.336 e. The molecule has 1 fully saturated rings. The van der Waals surface area contributed by atoms with E-state index in [0.717, 1.165) is 4.90 Å². The molecule has 6 heteroatoms. The van der Waals surface area contributed by atoms with E-state index in [0.29, 0.717) is 18.1 Å². The van der Waals surface area contributed by atoms with Crippen LogP contribution in [0.3, 0.4) is 0 Å². The number of carbonyl (C=O) groups excluding carboxylic acids is 2. The molecule has 3 amide bonds. The van der Waals surface area contributed by atoms with Crippen molar-refractivity contribution in [3.8, 4) is 0 Å². The summed E-state index contributed by atoms with van der Waals surface area (Å²) in [6, 6.07) is 7.04. The Morgan fingerprint density at radius 2 is 2.22 bits per heavy atom. The summed E-state index contributed by atoms with van der Waals surface area (Å²) in [4.78, 5) is 25.6. The zero-order chi connectivity index (χ0) is 13.1. The van der Waals surface area contributed by atoms with E-state index < -0.39 is 0 Å². The predicted molar refractivity (Wildman–Crippen MR) is 71.9 cm³/mol. The summed E-state index contributed by atoms with van der Waals surface area (Å²) in [5, 5.41) is 2.89. The minimum atomic E-state index is -0.339. The fraction of sp³-hybridized carbons (Fsp3) is 0.333. The topological polar surface area (TPSA) is 49.4 Å². The lowest BCUT2D eigenvalue weighted by molar-refractivity contribution is -0.126. The second-order valence-electron chi connectivity index (χ2n) is 3.91. The standard InChI is InChI=1S/C12H13ClN2O2S/c1-8(11(16)15-7-6-14-12(15)17)18-10-5-3-2-4-9(10)13/h2-5,8H,6-7H2,1H3,(H,14,17)/t8-/m1/s1. The maximum absolute atomic E-state index is 12.1. The van der Waals surface area contributed by atoms with E-state index in [-0.39, 0.29) is 17.2 Å². The van der Waals surface area contributed by atoms with Crippen molar-refractivity contribution in [2.45, 2.75) is 17.1 Å². The lowest BCUT2D eigenvalue weighted by Gasteiger charge is -2.17. The zero-order valence-corrected chi connectivity index (χ0v) is 11.4. The van der Waals surface area contributed by atoms with E-state index >= 15 is 0 Å². The van der Waals surface area contributed by atoms with Crippen molar-refractivity contribution >= 4 is 35.3 Å². The number of amides is 3. The van der Waals surface area contributed by atoms with E-state index in [1.54, 1.807) is 13.0 Å². The van der Waals surface area contributed by atoms with Gasteiger partial charge < -0.3 is 5.32 Å². The van der Waals surface area contributed by atoms with Gasteiger partial charge in [-0.05, 0) is 19.1 Å². The van der Waals surface area contributed by atoms with Crippen molar-refractivity contribution in [3.05, 3.63) is 29.3 Å². The number of rotatable bonds is 3. The Bertz CT molecular complexity index is 481. The smallest absolute Gasteiger partial charge is 0.324 e. The van der Waals surface area contributed by atoms with Crippen LogP contribution in [-0.4, -0.2) is 35.2 Å². The number of nitrogens with zero attached hydrogens (tertiary/aromatic N) is 1. The number of carbonyl (C=O) groups is 2. The quantitative estimate of drug-likeness (QED) is 0.867. The first-order valence-electron chi connectivity index (χ1n) is 5.60. The first-order chi connectivity index (χ1) is 8.59. The van der Waals surface area contributed by atoms with Crippen molar-refractivity contribution in [2.24, 2.45) is 0 Å². The van der Waals surface area contributed by atoms with Crippen LogP contribution in [0.1, 0.15) is 6.92 Å². The normalized spacial score (nSPS) is 16.6. The van der Waals surface area contributed by atoms with Gasteiger partial charge in [0.05, 0.1) is 10.3 Å². The average molecular weight is 285 g/mol. The minimum absolute atomic E-state index is 0.185. The highest BCUT2D eigenvalue weighted by Gasteiger charge is 2.30. The molecule has 1 aliphatic rings. The third-order valence-corrected chi connectivity index (χ3v) is 4.22. The van der Waals surface area contributed by atoms with Crippen molar-refractivity contribution in [3.63, 3.8) is 0 Å². The van der Waals surface area contributed by atoms with Crippen LogP contribution >= 0.6 is 23.4 Å². The van der Waals surface area contributed by atoms with E-state index in [4.69, 9.17) is 11.6 Å². The monoisotopic (exact) mass is 284 g/mol. The second-order valence-corrected chi connectivity index (χ2v) is 5.70. The molecule has 0 aromatic heterocycles. The van der Waals surface area contributed by atoms with Crippen molar-refractivity contribution < 1.29 is 9.59 Å². The third kappa shape index (κ3) is 2.79. The van der Waals surface area contributed by atoms with E-state index in [2.05, 4.69) is 5.32 Å². The molecule has 4 nitrogen and oxygen atoms in total. The molecule has 2 rings (SSSR count). The zero-order valence-electron chi connectivity index (χ0n) is 9.85. The second kappa shape index (κ2) is 5.63. The third-order valence-electron chi connectivity index (χ3n) is 2.61. The predicted octanol–water partition coefficient (Wildman–Crippen LogP) is 2.37. The number of imide groups is 1. The van der Waals surface area contributed by atoms with E-state index in [1.165, 1.54) is 16.7 Å². The number of thioether (sulfide) groups is 1. The van der Waals surface area contributed by atoms with Crippen LogP contribution in [0.15, 0.2) is 29.2 Å². The van der Waals surface area contributed by atoms with Gasteiger partial charge >= 0.3 is 6.03 Å². The molecule has 18 heavy (non-hydrogen) atoms. The van der Waals surface area contributed by atoms with Crippen LogP contribution in [0.4, 0.5) is 4.79 Å². The summed E-state index contributed by atoms with van der Waals surface area (Å²) >= 11 is 7.40. The maximum atomic E-state index is 12.1. The SMILES string of the molecule is C[C@@H](Sc1ccccc1Cl)C(=O)N1CCNC1=O. The summed E-state index contributed by atoms with van der Waals surface area (Å²) in [5.41, 5.74) is 0. The molecule has 1 aromatic carbocycles. The highest BCUT2D eigenvalue weighted by molar-refractivity contribution is 8.00. The first-order valence-corrected chi connectivity index (χ1v) is 6.86. The summed E-state index contributed by atoms with van der Waals surface area (Å²) in [6.45, 7) is 2.74. The van der Waals surface area contributed by atoms with Gasteiger partial charge in [0.15, 0.2) is 0 Å². The molecule has 0 aliphatic carbocycles. The Labute approximate surface area is 115 Å². The fourth-order valence-corrected chi connectivity index (χ4v) is 2.90. The molecule has 1 atom stereocenters. The Morgan fingerprint density at radius 1 is 1.50 bits per heavy atom. The summed E-state index contributed by atoms with van der Waals surface area (Å²) in [6.07, 6.45) is 0. The molecule has 0 unspecified atom stereocenters. The number of urea groups is 1. The van der Waals surface area contributed by atoms with Gasteiger partial charge in [-0.1, -0.05) is 23.7 Å². The molecule has 0 spiro atoms. The van der Waals surface area contributed by atoms with Crippen LogP contribution in [0.25, 0.3) is 0 Å². The molecular weight excluding hydrogens is 272 g/mol. The fourth-order valence-electron chi connectivity index (χ4n) is 1.68. The van der Waals surface area contributed by atoms with Gasteiger partial charge in [-0.15, -0.1) is 11.8 Å². The molecule has 96 valence electrons. The molecule has 0 bridgehead atoms. The Balaban J connectivity index is 2.04. The number of hydrogen-bond acceptors (Lipinski definition) is 3. The molecule has 0 radical (unpaired) electrons. The molecule has 0 saturated carbocycles. The van der Waals surface area contributed by atoms with Gasteiger partial charge in [0.1, 0.15) is 0 Å².